The van der Waals surface area contributed by atoms with Gasteiger partial charge >= 0.3 is 0 Å². The van der Waals surface area contributed by atoms with Crippen molar-refractivity contribution in [3.05, 3.63) is 82.2 Å². The molecule has 35 heavy (non-hydrogen) atoms. The molecule has 0 atom stereocenters. The largest absolute Gasteiger partial charge is 0.356 e. The molecule has 0 spiro atoms. The highest BCUT2D eigenvalue weighted by Gasteiger charge is 2.27. The van der Waals surface area contributed by atoms with Crippen LogP contribution in [0.25, 0.3) is 11.0 Å². The molecule has 0 bridgehead atoms. The topological polar surface area (TPSA) is 67.2 Å². The van der Waals surface area contributed by atoms with Crippen LogP contribution in [0.5, 0.6) is 0 Å². The maximum absolute atomic E-state index is 13.6. The number of fused-ring (bicyclic) bond motifs is 1. The third-order valence-electron chi connectivity index (χ3n) is 7.31. The number of allylic oxidation sites excluding steroid dienone is 1. The van der Waals surface area contributed by atoms with E-state index in [0.29, 0.717) is 25.5 Å². The van der Waals surface area contributed by atoms with Crippen LogP contribution in [0.2, 0.25) is 0 Å². The Balaban J connectivity index is 1.26. The van der Waals surface area contributed by atoms with Crippen molar-refractivity contribution in [1.82, 2.24) is 14.9 Å². The second-order valence-electron chi connectivity index (χ2n) is 9.71. The first-order valence-electron chi connectivity index (χ1n) is 12.9. The number of amides is 1. The average molecular weight is 471 g/mol. The van der Waals surface area contributed by atoms with Gasteiger partial charge in [0.05, 0.1) is 17.6 Å². The van der Waals surface area contributed by atoms with Crippen molar-refractivity contribution >= 4 is 22.8 Å². The second-order valence-corrected chi connectivity index (χ2v) is 9.71. The molecular formula is C29H34N4O2. The number of benzene rings is 2. The predicted octanol–water partition coefficient (Wildman–Crippen LogP) is 4.67. The van der Waals surface area contributed by atoms with E-state index in [1.54, 1.807) is 0 Å². The van der Waals surface area contributed by atoms with E-state index in [2.05, 4.69) is 16.3 Å². The molecule has 2 aliphatic rings. The van der Waals surface area contributed by atoms with E-state index in [4.69, 9.17) is 4.98 Å². The van der Waals surface area contributed by atoms with Crippen molar-refractivity contribution in [1.29, 1.82) is 0 Å². The summed E-state index contributed by atoms with van der Waals surface area (Å²) in [5.74, 6) is 0.635. The van der Waals surface area contributed by atoms with Crippen LogP contribution in [-0.4, -0.2) is 35.1 Å². The van der Waals surface area contributed by atoms with E-state index in [9.17, 15) is 9.59 Å². The van der Waals surface area contributed by atoms with Crippen LogP contribution in [-0.2, 0) is 11.3 Å². The summed E-state index contributed by atoms with van der Waals surface area (Å²) in [6, 6.07) is 17.9. The molecule has 1 fully saturated rings. The van der Waals surface area contributed by atoms with Gasteiger partial charge in [-0.3, -0.25) is 14.2 Å². The van der Waals surface area contributed by atoms with Gasteiger partial charge in [0.1, 0.15) is 0 Å². The Morgan fingerprint density at radius 3 is 2.54 bits per heavy atom. The predicted molar refractivity (Wildman–Crippen MR) is 141 cm³/mol. The molecule has 6 nitrogen and oxygen atoms in total. The first-order chi connectivity index (χ1) is 17.2. The van der Waals surface area contributed by atoms with Gasteiger partial charge in [-0.05, 0) is 62.6 Å². The SMILES string of the molecule is O=C(NCCC1=CCCCC1)C1CCN(c2nc3ccccc3n(Cc3ccccc3)c2=O)CC1. The molecule has 0 radical (unpaired) electrons. The third-order valence-corrected chi connectivity index (χ3v) is 7.31. The second kappa shape index (κ2) is 10.9. The quantitative estimate of drug-likeness (QED) is 0.510. The van der Waals surface area contributed by atoms with Gasteiger partial charge in [0, 0.05) is 25.6 Å². The number of nitrogens with zero attached hydrogens (tertiary/aromatic N) is 3. The van der Waals surface area contributed by atoms with Crippen molar-refractivity contribution < 1.29 is 4.79 Å². The highest BCUT2D eigenvalue weighted by molar-refractivity contribution is 5.79. The fraction of sp³-hybridized carbons (Fsp3) is 0.414. The minimum atomic E-state index is -0.0730. The zero-order valence-electron chi connectivity index (χ0n) is 20.3. The molecule has 1 saturated heterocycles. The lowest BCUT2D eigenvalue weighted by Gasteiger charge is -2.32. The average Bonchev–Trinajstić information content (AvgIpc) is 2.91. The molecule has 1 N–H and O–H groups in total. The molecule has 1 aliphatic heterocycles. The molecule has 0 saturated carbocycles. The maximum Gasteiger partial charge on any atom is 0.294 e. The third kappa shape index (κ3) is 5.47. The number of hydrogen-bond acceptors (Lipinski definition) is 4. The number of aromatic nitrogens is 2. The Bertz CT molecular complexity index is 1260. The zero-order valence-corrected chi connectivity index (χ0v) is 20.3. The minimum Gasteiger partial charge on any atom is -0.356 e. The summed E-state index contributed by atoms with van der Waals surface area (Å²) >= 11 is 0. The summed E-state index contributed by atoms with van der Waals surface area (Å²) in [6.07, 6.45) is 9.70. The summed E-state index contributed by atoms with van der Waals surface area (Å²) < 4.78 is 1.83. The van der Waals surface area contributed by atoms with Gasteiger partial charge in [0.15, 0.2) is 5.82 Å². The van der Waals surface area contributed by atoms with Crippen molar-refractivity contribution in [2.24, 2.45) is 5.92 Å². The van der Waals surface area contributed by atoms with Crippen molar-refractivity contribution in [3.63, 3.8) is 0 Å². The minimum absolute atomic E-state index is 0.00131. The fourth-order valence-electron chi connectivity index (χ4n) is 5.28. The van der Waals surface area contributed by atoms with Gasteiger partial charge in [-0.1, -0.05) is 54.1 Å². The van der Waals surface area contributed by atoms with Crippen molar-refractivity contribution in [2.45, 2.75) is 51.5 Å². The number of nitrogens with one attached hydrogen (secondary N) is 1. The highest BCUT2D eigenvalue weighted by atomic mass is 16.2. The number of para-hydroxylation sites is 2. The van der Waals surface area contributed by atoms with E-state index < -0.39 is 0 Å². The first-order valence-corrected chi connectivity index (χ1v) is 12.9. The molecule has 5 rings (SSSR count). The van der Waals surface area contributed by atoms with E-state index >= 15 is 0 Å². The normalized spacial score (nSPS) is 16.8. The van der Waals surface area contributed by atoms with E-state index in [-0.39, 0.29) is 17.4 Å². The van der Waals surface area contributed by atoms with Crippen LogP contribution in [0.1, 0.15) is 50.5 Å². The van der Waals surface area contributed by atoms with Gasteiger partial charge in [0.25, 0.3) is 5.56 Å². The maximum atomic E-state index is 13.6. The Morgan fingerprint density at radius 1 is 1.00 bits per heavy atom. The number of rotatable bonds is 7. The van der Waals surface area contributed by atoms with E-state index in [1.807, 2.05) is 59.2 Å². The van der Waals surface area contributed by atoms with Crippen LogP contribution >= 0.6 is 0 Å². The molecule has 1 amide bonds. The van der Waals surface area contributed by atoms with Crippen molar-refractivity contribution in [3.8, 4) is 0 Å². The lowest BCUT2D eigenvalue weighted by Crippen LogP contribution is -2.43. The highest BCUT2D eigenvalue weighted by Crippen LogP contribution is 2.23. The van der Waals surface area contributed by atoms with Gasteiger partial charge in [-0.25, -0.2) is 4.98 Å². The Morgan fingerprint density at radius 2 is 1.77 bits per heavy atom. The van der Waals surface area contributed by atoms with Crippen LogP contribution in [0, 0.1) is 5.92 Å². The summed E-state index contributed by atoms with van der Waals surface area (Å²) in [6.45, 7) is 2.55. The Hall–Kier alpha value is -3.41. The summed E-state index contributed by atoms with van der Waals surface area (Å²) in [5, 5.41) is 3.15. The first kappa shape index (κ1) is 23.3. The van der Waals surface area contributed by atoms with Gasteiger partial charge in [-0.2, -0.15) is 0 Å². The van der Waals surface area contributed by atoms with Gasteiger partial charge in [0.2, 0.25) is 5.91 Å². The number of carbonyl (C=O) groups excluding carboxylic acids is 1. The zero-order chi connectivity index (χ0) is 24.0. The number of piperidine rings is 1. The van der Waals surface area contributed by atoms with Crippen LogP contribution in [0.3, 0.4) is 0 Å². The van der Waals surface area contributed by atoms with Crippen molar-refractivity contribution in [2.75, 3.05) is 24.5 Å². The molecule has 0 unspecified atom stereocenters. The van der Waals surface area contributed by atoms with Crippen LogP contribution in [0.4, 0.5) is 5.82 Å². The van der Waals surface area contributed by atoms with Crippen LogP contribution < -0.4 is 15.8 Å². The monoisotopic (exact) mass is 470 g/mol. The molecule has 6 heteroatoms. The lowest BCUT2D eigenvalue weighted by atomic mass is 9.95. The Labute approximate surface area is 206 Å². The molecular weight excluding hydrogens is 436 g/mol. The number of anilines is 1. The molecule has 2 aromatic carbocycles. The summed E-state index contributed by atoms with van der Waals surface area (Å²) in [4.78, 5) is 33.1. The number of hydrogen-bond donors (Lipinski definition) is 1. The van der Waals surface area contributed by atoms with E-state index in [1.165, 1.54) is 31.3 Å². The summed E-state index contributed by atoms with van der Waals surface area (Å²) in [7, 11) is 0. The van der Waals surface area contributed by atoms with Gasteiger partial charge in [-0.15, -0.1) is 0 Å². The fourth-order valence-corrected chi connectivity index (χ4v) is 5.28. The molecule has 2 heterocycles. The molecule has 182 valence electrons. The number of carbonyl (C=O) groups is 1. The van der Waals surface area contributed by atoms with Crippen LogP contribution in [0.15, 0.2) is 71.0 Å². The van der Waals surface area contributed by atoms with E-state index in [0.717, 1.165) is 42.4 Å². The summed E-state index contributed by atoms with van der Waals surface area (Å²) in [5.41, 5.74) is 4.15. The Kier molecular flexibility index (Phi) is 7.26. The smallest absolute Gasteiger partial charge is 0.294 e. The lowest BCUT2D eigenvalue weighted by molar-refractivity contribution is -0.125. The molecule has 3 aromatic rings. The standard InChI is InChI=1S/C29H34N4O2/c34-28(30-18-15-22-9-3-1-4-10-22)24-16-19-32(20-17-24)27-29(35)33(21-23-11-5-2-6-12-23)26-14-8-7-13-25(26)31-27/h2,5-9,11-14,24H,1,3-4,10,15-21H2,(H,30,34). The molecule has 1 aromatic heterocycles. The molecule has 1 aliphatic carbocycles. The van der Waals surface area contributed by atoms with Gasteiger partial charge < -0.3 is 10.2 Å².